The molecule has 0 saturated heterocycles. The van der Waals surface area contributed by atoms with Gasteiger partial charge in [0, 0.05) is 38.4 Å². The highest BCUT2D eigenvalue weighted by Gasteiger charge is 2.24. The molecule has 282 valence electrons. The standard InChI is InChI=1S/C20H16FNO4S.C10H8O4S.C9H6O3S/c1-12-16(9-13-2-5-19-14(8-13)6-7-27(19,25)26)17-10-15(21)3-4-18(17)22(12)11-20(23)24;1-14-10(11)8-2-3-9-7(6-8)4-5-15(9,12)13;10-6-7-1-2-9-8(5-7)3-4-13(9,11)12/h2-8,10H,9,11H2,1H3,(H,23,24);2-6H,1H3;1-6H. The maximum absolute atomic E-state index is 13.8. The molecular weight excluding hydrogens is 774 g/mol. The molecule has 8 rings (SSSR count). The lowest BCUT2D eigenvalue weighted by molar-refractivity contribution is -0.137. The summed E-state index contributed by atoms with van der Waals surface area (Å²) in [5.74, 6) is -1.84. The van der Waals surface area contributed by atoms with E-state index in [0.717, 1.165) is 27.6 Å². The first-order valence-electron chi connectivity index (χ1n) is 16.2. The minimum Gasteiger partial charge on any atom is -0.480 e. The first kappa shape index (κ1) is 38.7. The number of carbonyl (C=O) groups is 3. The largest absolute Gasteiger partial charge is 0.480 e. The number of esters is 1. The molecule has 1 aromatic heterocycles. The van der Waals surface area contributed by atoms with E-state index in [9.17, 15) is 49.1 Å². The van der Waals surface area contributed by atoms with Crippen LogP contribution in [0.4, 0.5) is 4.39 Å². The van der Waals surface area contributed by atoms with Gasteiger partial charge in [0.15, 0.2) is 29.5 Å². The predicted octanol–water partition coefficient (Wildman–Crippen LogP) is 6.01. The Kier molecular flexibility index (Phi) is 10.4. The zero-order valence-electron chi connectivity index (χ0n) is 29.0. The SMILES string of the molecule is COC(=O)c1ccc2c(c1)C=CS2(=O)=O.Cc1c(Cc2ccc3c(c2)C=CS3(=O)=O)c2cc(F)ccc2n1CC(=O)O.O=Cc1ccc2c(c1)C=CS2(=O)=O. The van der Waals surface area contributed by atoms with E-state index in [1.54, 1.807) is 41.0 Å². The fourth-order valence-corrected chi connectivity index (χ4v) is 9.86. The number of halogens is 1. The van der Waals surface area contributed by atoms with Gasteiger partial charge >= 0.3 is 11.9 Å². The van der Waals surface area contributed by atoms with Crippen molar-refractivity contribution in [2.24, 2.45) is 0 Å². The Morgan fingerprint density at radius 3 is 1.85 bits per heavy atom. The summed E-state index contributed by atoms with van der Waals surface area (Å²) in [6.07, 6.45) is 5.67. The number of aromatic nitrogens is 1. The number of carboxylic acid groups (broad SMARTS) is 1. The Balaban J connectivity index is 0.000000155. The molecule has 55 heavy (non-hydrogen) atoms. The first-order chi connectivity index (χ1) is 25.9. The topological polar surface area (TPSA) is 188 Å². The molecule has 1 N–H and O–H groups in total. The number of aldehydes is 1. The molecule has 5 aromatic rings. The van der Waals surface area contributed by atoms with E-state index in [2.05, 4.69) is 4.74 Å². The van der Waals surface area contributed by atoms with E-state index in [1.165, 1.54) is 67.1 Å². The third-order valence-electron chi connectivity index (χ3n) is 8.97. The summed E-state index contributed by atoms with van der Waals surface area (Å²) < 4.78 is 89.2. The summed E-state index contributed by atoms with van der Waals surface area (Å²) in [5, 5.41) is 13.3. The van der Waals surface area contributed by atoms with Crippen LogP contribution in [0, 0.1) is 12.7 Å². The van der Waals surface area contributed by atoms with E-state index in [4.69, 9.17) is 0 Å². The Labute approximate surface area is 315 Å². The van der Waals surface area contributed by atoms with Gasteiger partial charge in [-0.15, -0.1) is 0 Å². The van der Waals surface area contributed by atoms with Crippen LogP contribution in [0.25, 0.3) is 29.1 Å². The van der Waals surface area contributed by atoms with Crippen LogP contribution in [0.2, 0.25) is 0 Å². The number of rotatable bonds is 6. The smallest absolute Gasteiger partial charge is 0.337 e. The van der Waals surface area contributed by atoms with Crippen molar-refractivity contribution in [3.63, 3.8) is 0 Å². The van der Waals surface area contributed by atoms with Crippen LogP contribution in [0.1, 0.15) is 54.2 Å². The van der Waals surface area contributed by atoms with Gasteiger partial charge in [-0.3, -0.25) is 9.59 Å². The van der Waals surface area contributed by atoms with Crippen molar-refractivity contribution in [2.45, 2.75) is 34.6 Å². The molecular formula is C39H30FNO11S3. The summed E-state index contributed by atoms with van der Waals surface area (Å²) in [5.41, 5.74) is 5.69. The first-order valence-corrected chi connectivity index (χ1v) is 20.8. The lowest BCUT2D eigenvalue weighted by atomic mass is 10.0. The van der Waals surface area contributed by atoms with Crippen molar-refractivity contribution in [3.8, 4) is 0 Å². The van der Waals surface area contributed by atoms with Crippen molar-refractivity contribution in [1.29, 1.82) is 0 Å². The monoisotopic (exact) mass is 803 g/mol. The number of nitrogens with zero attached hydrogens (tertiary/aromatic N) is 1. The van der Waals surface area contributed by atoms with E-state index < -0.39 is 41.5 Å². The number of fused-ring (bicyclic) bond motifs is 4. The average molecular weight is 804 g/mol. The molecule has 3 aliphatic heterocycles. The zero-order valence-corrected chi connectivity index (χ0v) is 31.4. The second-order valence-corrected chi connectivity index (χ2v) is 17.9. The third-order valence-corrected chi connectivity index (χ3v) is 13.4. The average Bonchev–Trinajstić information content (AvgIpc) is 3.82. The van der Waals surface area contributed by atoms with Crippen molar-refractivity contribution < 1.29 is 53.9 Å². The van der Waals surface area contributed by atoms with Gasteiger partial charge in [0.05, 0.1) is 27.4 Å². The molecule has 0 unspecified atom stereocenters. The molecule has 0 fully saturated rings. The summed E-state index contributed by atoms with van der Waals surface area (Å²) in [4.78, 5) is 33.6. The van der Waals surface area contributed by atoms with Crippen molar-refractivity contribution in [3.05, 3.63) is 139 Å². The lowest BCUT2D eigenvalue weighted by Gasteiger charge is -2.07. The maximum atomic E-state index is 13.8. The Bertz CT molecular complexity index is 2890. The minimum absolute atomic E-state index is 0.209. The molecule has 0 spiro atoms. The Hall–Kier alpha value is -5.97. The van der Waals surface area contributed by atoms with Gasteiger partial charge in [-0.1, -0.05) is 18.2 Å². The van der Waals surface area contributed by atoms with E-state index in [0.29, 0.717) is 51.4 Å². The molecule has 0 amide bonds. The van der Waals surface area contributed by atoms with Crippen LogP contribution < -0.4 is 0 Å². The molecule has 12 nitrogen and oxygen atoms in total. The van der Waals surface area contributed by atoms with E-state index in [1.807, 2.05) is 6.92 Å². The normalized spacial score (nSPS) is 15.5. The van der Waals surface area contributed by atoms with Gasteiger partial charge in [-0.2, -0.15) is 0 Å². The van der Waals surface area contributed by atoms with Gasteiger partial charge in [0.2, 0.25) is 0 Å². The van der Waals surface area contributed by atoms with Crippen LogP contribution in [-0.2, 0) is 52.0 Å². The highest BCUT2D eigenvalue weighted by Crippen LogP contribution is 2.33. The van der Waals surface area contributed by atoms with E-state index in [-0.39, 0.29) is 27.0 Å². The number of methoxy groups -OCH3 is 1. The van der Waals surface area contributed by atoms with Gasteiger partial charge in [0.1, 0.15) is 18.6 Å². The summed E-state index contributed by atoms with van der Waals surface area (Å²) in [6, 6.07) is 18.3. The van der Waals surface area contributed by atoms with E-state index >= 15 is 0 Å². The molecule has 4 heterocycles. The number of carbonyl (C=O) groups excluding carboxylic acids is 2. The summed E-state index contributed by atoms with van der Waals surface area (Å²) in [6.45, 7) is 1.60. The van der Waals surface area contributed by atoms with Gasteiger partial charge in [-0.05, 0) is 114 Å². The van der Waals surface area contributed by atoms with Crippen LogP contribution in [0.5, 0.6) is 0 Å². The van der Waals surface area contributed by atoms with Crippen molar-refractivity contribution in [1.82, 2.24) is 4.57 Å². The second kappa shape index (κ2) is 14.7. The molecule has 0 bridgehead atoms. The fourth-order valence-electron chi connectivity index (χ4n) is 6.31. The van der Waals surface area contributed by atoms with Crippen LogP contribution in [0.15, 0.2) is 104 Å². The zero-order chi connectivity index (χ0) is 39.9. The summed E-state index contributed by atoms with van der Waals surface area (Å²) >= 11 is 0. The molecule has 3 aliphatic rings. The quantitative estimate of drug-likeness (QED) is 0.156. The minimum atomic E-state index is -3.35. The highest BCUT2D eigenvalue weighted by atomic mass is 32.2. The molecule has 0 saturated carbocycles. The number of sulfone groups is 3. The lowest BCUT2D eigenvalue weighted by Crippen LogP contribution is -2.10. The van der Waals surface area contributed by atoms with Crippen LogP contribution >= 0.6 is 0 Å². The Morgan fingerprint density at radius 1 is 0.745 bits per heavy atom. The second-order valence-electron chi connectivity index (χ2n) is 12.5. The number of aliphatic carboxylic acids is 1. The highest BCUT2D eigenvalue weighted by molar-refractivity contribution is 7.95. The third kappa shape index (κ3) is 7.83. The summed E-state index contributed by atoms with van der Waals surface area (Å²) in [7, 11) is -8.59. The molecule has 0 radical (unpaired) electrons. The number of carboxylic acids is 1. The maximum Gasteiger partial charge on any atom is 0.337 e. The number of hydrogen-bond acceptors (Lipinski definition) is 10. The predicted molar refractivity (Wildman–Crippen MR) is 202 cm³/mol. The molecule has 4 aromatic carbocycles. The fraction of sp³-hybridized carbons (Fsp3) is 0.103. The van der Waals surface area contributed by atoms with Crippen molar-refractivity contribution in [2.75, 3.05) is 7.11 Å². The number of benzene rings is 4. The van der Waals surface area contributed by atoms with Gasteiger partial charge < -0.3 is 14.4 Å². The molecule has 16 heteroatoms. The van der Waals surface area contributed by atoms with Gasteiger partial charge in [-0.25, -0.2) is 34.4 Å². The van der Waals surface area contributed by atoms with Crippen LogP contribution in [0.3, 0.4) is 0 Å². The number of hydrogen-bond donors (Lipinski definition) is 1. The van der Waals surface area contributed by atoms with Crippen LogP contribution in [-0.4, -0.2) is 60.3 Å². The molecule has 0 atom stereocenters. The number of ether oxygens (including phenoxy) is 1. The molecule has 0 aliphatic carbocycles. The van der Waals surface area contributed by atoms with Crippen molar-refractivity contribution >= 4 is 76.9 Å². The van der Waals surface area contributed by atoms with Gasteiger partial charge in [0.25, 0.3) is 0 Å². The Morgan fingerprint density at radius 2 is 1.29 bits per heavy atom.